The van der Waals surface area contributed by atoms with Crippen molar-refractivity contribution in [1.29, 1.82) is 0 Å². The van der Waals surface area contributed by atoms with E-state index in [-0.39, 0.29) is 12.8 Å². The summed E-state index contributed by atoms with van der Waals surface area (Å²) in [4.78, 5) is 21.8. The summed E-state index contributed by atoms with van der Waals surface area (Å²) in [5.74, 6) is 0.147. The molecule has 0 aliphatic heterocycles. The molecule has 0 saturated heterocycles. The van der Waals surface area contributed by atoms with Crippen LogP contribution < -0.4 is 0 Å². The van der Waals surface area contributed by atoms with E-state index in [0.717, 1.165) is 33.2 Å². The molecular weight excluding hydrogens is 473 g/mol. The third kappa shape index (κ3) is 5.39. The van der Waals surface area contributed by atoms with Crippen LogP contribution in [0.25, 0.3) is 21.7 Å². The highest BCUT2D eigenvalue weighted by atomic mass is 32.2. The van der Waals surface area contributed by atoms with Gasteiger partial charge in [0.25, 0.3) is 0 Å². The molecule has 0 aliphatic carbocycles. The molecule has 0 amide bonds. The fourth-order valence-electron chi connectivity index (χ4n) is 3.21. The lowest BCUT2D eigenvalue weighted by Gasteiger charge is -2.06. The van der Waals surface area contributed by atoms with Crippen molar-refractivity contribution in [3.05, 3.63) is 64.0 Å². The Morgan fingerprint density at radius 3 is 2.55 bits per heavy atom. The number of thioether (sulfide) groups is 1. The average molecular weight is 493 g/mol. The van der Waals surface area contributed by atoms with E-state index >= 15 is 0 Å². The number of nitrogens with zero attached hydrogens (tertiary/aromatic N) is 2. The third-order valence-corrected chi connectivity index (χ3v) is 7.57. The molecule has 0 bridgehead atoms. The summed E-state index contributed by atoms with van der Waals surface area (Å²) in [6.45, 7) is 3.86. The molecule has 0 spiro atoms. The Balaban J connectivity index is 1.49. The SMILES string of the molecule is Cc1cc2oc(CCC(=O)O)nc2cc1SCc1sc(-c2ccc(C(F)(F)F)cc2)nc1C. The number of aromatic nitrogens is 2. The van der Waals surface area contributed by atoms with Crippen LogP contribution in [0.2, 0.25) is 0 Å². The van der Waals surface area contributed by atoms with E-state index in [2.05, 4.69) is 9.97 Å². The van der Waals surface area contributed by atoms with Crippen LogP contribution >= 0.6 is 23.1 Å². The lowest BCUT2D eigenvalue weighted by atomic mass is 10.1. The number of halogens is 3. The molecule has 2 aromatic carbocycles. The highest BCUT2D eigenvalue weighted by Crippen LogP contribution is 2.36. The van der Waals surface area contributed by atoms with Crippen LogP contribution in [0, 0.1) is 13.8 Å². The molecule has 0 radical (unpaired) electrons. The third-order valence-electron chi connectivity index (χ3n) is 4.99. The molecule has 172 valence electrons. The van der Waals surface area contributed by atoms with Crippen LogP contribution in [-0.4, -0.2) is 21.0 Å². The lowest BCUT2D eigenvalue weighted by molar-refractivity contribution is -0.138. The van der Waals surface area contributed by atoms with E-state index in [1.54, 1.807) is 11.8 Å². The first-order chi connectivity index (χ1) is 15.6. The van der Waals surface area contributed by atoms with Crippen molar-refractivity contribution in [2.24, 2.45) is 0 Å². The van der Waals surface area contributed by atoms with Gasteiger partial charge in [-0.3, -0.25) is 4.79 Å². The van der Waals surface area contributed by atoms with Gasteiger partial charge in [0.1, 0.15) is 10.5 Å². The van der Waals surface area contributed by atoms with Gasteiger partial charge in [-0.15, -0.1) is 23.1 Å². The number of fused-ring (bicyclic) bond motifs is 1. The van der Waals surface area contributed by atoms with Gasteiger partial charge in [0, 0.05) is 27.5 Å². The predicted octanol–water partition coefficient (Wildman–Crippen LogP) is 6.90. The largest absolute Gasteiger partial charge is 0.481 e. The number of hydrogen-bond acceptors (Lipinski definition) is 6. The quantitative estimate of drug-likeness (QED) is 0.283. The summed E-state index contributed by atoms with van der Waals surface area (Å²) in [5, 5.41) is 9.52. The molecule has 5 nitrogen and oxygen atoms in total. The number of carbonyl (C=O) groups is 1. The standard InChI is InChI=1S/C23H19F3N2O3S2/c1-12-9-17-16(28-20(31-17)7-8-21(29)30)10-18(12)32-11-19-13(2)27-22(33-19)14-3-5-15(6-4-14)23(24,25)26/h3-6,9-10H,7-8,11H2,1-2H3,(H,29,30). The highest BCUT2D eigenvalue weighted by Gasteiger charge is 2.30. The van der Waals surface area contributed by atoms with Crippen molar-refractivity contribution in [3.63, 3.8) is 0 Å². The number of rotatable bonds is 7. The normalized spacial score (nSPS) is 11.9. The zero-order valence-corrected chi connectivity index (χ0v) is 19.3. The highest BCUT2D eigenvalue weighted by molar-refractivity contribution is 7.98. The van der Waals surface area contributed by atoms with E-state index < -0.39 is 17.7 Å². The summed E-state index contributed by atoms with van der Waals surface area (Å²) >= 11 is 3.08. The second-order valence-electron chi connectivity index (χ2n) is 7.48. The maximum atomic E-state index is 12.8. The van der Waals surface area contributed by atoms with Gasteiger partial charge < -0.3 is 9.52 Å². The van der Waals surface area contributed by atoms with Crippen molar-refractivity contribution in [2.45, 2.75) is 43.5 Å². The zero-order valence-electron chi connectivity index (χ0n) is 17.7. The van der Waals surface area contributed by atoms with Crippen LogP contribution in [0.5, 0.6) is 0 Å². The van der Waals surface area contributed by atoms with E-state index in [4.69, 9.17) is 9.52 Å². The Morgan fingerprint density at radius 2 is 1.88 bits per heavy atom. The Bertz CT molecular complexity index is 1310. The van der Waals surface area contributed by atoms with Crippen molar-refractivity contribution in [1.82, 2.24) is 9.97 Å². The fourth-order valence-corrected chi connectivity index (χ4v) is 5.46. The number of hydrogen-bond donors (Lipinski definition) is 1. The number of aryl methyl sites for hydroxylation is 3. The molecule has 0 fully saturated rings. The smallest absolute Gasteiger partial charge is 0.416 e. The monoisotopic (exact) mass is 492 g/mol. The van der Waals surface area contributed by atoms with Crippen molar-refractivity contribution >= 4 is 40.2 Å². The Kier molecular flexibility index (Phi) is 6.49. The number of thiazole rings is 1. The molecule has 4 rings (SSSR count). The van der Waals surface area contributed by atoms with E-state index in [1.165, 1.54) is 23.5 Å². The van der Waals surface area contributed by atoms with Gasteiger partial charge in [-0.25, -0.2) is 9.97 Å². The van der Waals surface area contributed by atoms with E-state index in [9.17, 15) is 18.0 Å². The van der Waals surface area contributed by atoms with Crippen LogP contribution in [-0.2, 0) is 23.1 Å². The Morgan fingerprint density at radius 1 is 1.15 bits per heavy atom. The molecule has 0 unspecified atom stereocenters. The average Bonchev–Trinajstić information content (AvgIpc) is 3.32. The van der Waals surface area contributed by atoms with Crippen molar-refractivity contribution < 1.29 is 27.5 Å². The second-order valence-corrected chi connectivity index (χ2v) is 9.58. The first-order valence-corrected chi connectivity index (χ1v) is 11.8. The van der Waals surface area contributed by atoms with E-state index in [1.807, 2.05) is 26.0 Å². The van der Waals surface area contributed by atoms with Gasteiger partial charge in [0.15, 0.2) is 11.5 Å². The zero-order chi connectivity index (χ0) is 23.8. The molecule has 10 heteroatoms. The molecule has 2 aromatic heterocycles. The number of alkyl halides is 3. The maximum absolute atomic E-state index is 12.8. The Hall–Kier alpha value is -2.85. The number of carboxylic acids is 1. The van der Waals surface area contributed by atoms with Crippen LogP contribution in [0.15, 0.2) is 45.7 Å². The van der Waals surface area contributed by atoms with Gasteiger partial charge in [-0.05, 0) is 43.7 Å². The minimum atomic E-state index is -4.36. The minimum absolute atomic E-state index is 0.0423. The molecule has 2 heterocycles. The molecule has 1 N–H and O–H groups in total. The fraction of sp³-hybridized carbons (Fsp3) is 0.261. The predicted molar refractivity (Wildman–Crippen MR) is 122 cm³/mol. The topological polar surface area (TPSA) is 76.2 Å². The Labute approximate surface area is 195 Å². The molecule has 0 aliphatic rings. The number of oxazole rings is 1. The number of benzene rings is 2. The molecule has 33 heavy (non-hydrogen) atoms. The van der Waals surface area contributed by atoms with Gasteiger partial charge in [-0.2, -0.15) is 13.2 Å². The van der Waals surface area contributed by atoms with Gasteiger partial charge in [-0.1, -0.05) is 12.1 Å². The van der Waals surface area contributed by atoms with Crippen LogP contribution in [0.3, 0.4) is 0 Å². The summed E-state index contributed by atoms with van der Waals surface area (Å²) in [7, 11) is 0. The molecule has 0 atom stereocenters. The number of carboxylic acid groups (broad SMARTS) is 1. The van der Waals surface area contributed by atoms with Gasteiger partial charge >= 0.3 is 12.1 Å². The minimum Gasteiger partial charge on any atom is -0.481 e. The van der Waals surface area contributed by atoms with Gasteiger partial charge in [0.2, 0.25) is 0 Å². The molecule has 0 saturated carbocycles. The maximum Gasteiger partial charge on any atom is 0.416 e. The lowest BCUT2D eigenvalue weighted by Crippen LogP contribution is -2.03. The first kappa shape index (κ1) is 23.3. The molecule has 4 aromatic rings. The van der Waals surface area contributed by atoms with Crippen molar-refractivity contribution in [3.8, 4) is 10.6 Å². The van der Waals surface area contributed by atoms with E-state index in [0.29, 0.717) is 33.3 Å². The summed E-state index contributed by atoms with van der Waals surface area (Å²) in [6.07, 6.45) is -4.17. The molecular formula is C23H19F3N2O3S2. The van der Waals surface area contributed by atoms with Gasteiger partial charge in [0.05, 0.1) is 17.7 Å². The first-order valence-electron chi connectivity index (χ1n) is 9.99. The van der Waals surface area contributed by atoms with Crippen molar-refractivity contribution in [2.75, 3.05) is 0 Å². The van der Waals surface area contributed by atoms with Crippen LogP contribution in [0.4, 0.5) is 13.2 Å². The number of aliphatic carboxylic acids is 1. The second kappa shape index (κ2) is 9.18. The summed E-state index contributed by atoms with van der Waals surface area (Å²) < 4.78 is 44.1. The summed E-state index contributed by atoms with van der Waals surface area (Å²) in [6, 6.07) is 8.85. The summed E-state index contributed by atoms with van der Waals surface area (Å²) in [5.41, 5.74) is 3.13. The van der Waals surface area contributed by atoms with Crippen LogP contribution in [0.1, 0.15) is 34.0 Å².